The quantitative estimate of drug-likeness (QED) is 0.818. The van der Waals surface area contributed by atoms with Crippen molar-refractivity contribution < 1.29 is 9.47 Å². The molecule has 1 unspecified atom stereocenters. The normalized spacial score (nSPS) is 13.4. The summed E-state index contributed by atoms with van der Waals surface area (Å²) in [7, 11) is 3.28. The van der Waals surface area contributed by atoms with Crippen LogP contribution in [0.2, 0.25) is 0 Å². The van der Waals surface area contributed by atoms with Gasteiger partial charge in [0.05, 0.1) is 0 Å². The van der Waals surface area contributed by atoms with Crippen molar-refractivity contribution in [2.24, 2.45) is 0 Å². The van der Waals surface area contributed by atoms with E-state index < -0.39 is 0 Å². The van der Waals surface area contributed by atoms with Crippen LogP contribution in [0.4, 0.5) is 0 Å². The Morgan fingerprint density at radius 3 is 2.60 bits per heavy atom. The van der Waals surface area contributed by atoms with E-state index >= 15 is 0 Å². The van der Waals surface area contributed by atoms with Gasteiger partial charge in [0.25, 0.3) is 0 Å². The van der Waals surface area contributed by atoms with Gasteiger partial charge in [0.1, 0.15) is 0 Å². The third-order valence-corrected chi connectivity index (χ3v) is 4.01. The molecule has 0 aliphatic rings. The molecule has 0 amide bonds. The molecule has 15 heavy (non-hydrogen) atoms. The number of rotatable bonds is 6. The van der Waals surface area contributed by atoms with E-state index in [2.05, 4.69) is 39.6 Å². The first-order valence-electron chi connectivity index (χ1n) is 4.70. The second kappa shape index (κ2) is 6.60. The fourth-order valence-corrected chi connectivity index (χ4v) is 2.67. The predicted octanol–water partition coefficient (Wildman–Crippen LogP) is 2.78. The number of halogens is 1. The Balaban J connectivity index is 2.39. The lowest BCUT2D eigenvalue weighted by Gasteiger charge is -2.17. The summed E-state index contributed by atoms with van der Waals surface area (Å²) in [5, 5.41) is 5.43. The maximum absolute atomic E-state index is 5.10. The van der Waals surface area contributed by atoms with E-state index in [1.807, 2.05) is 0 Å². The zero-order valence-electron chi connectivity index (χ0n) is 9.12. The Morgan fingerprint density at radius 2 is 2.13 bits per heavy atom. The number of methoxy groups -OCH3 is 2. The summed E-state index contributed by atoms with van der Waals surface area (Å²) in [5.74, 6) is 0. The molecule has 0 saturated heterocycles. The van der Waals surface area contributed by atoms with Crippen LogP contribution in [0.25, 0.3) is 0 Å². The van der Waals surface area contributed by atoms with Gasteiger partial charge in [-0.2, -0.15) is 0 Å². The van der Waals surface area contributed by atoms with E-state index in [9.17, 15) is 0 Å². The average molecular weight is 294 g/mol. The molecule has 86 valence electrons. The van der Waals surface area contributed by atoms with Gasteiger partial charge >= 0.3 is 0 Å². The van der Waals surface area contributed by atoms with Crippen molar-refractivity contribution in [3.8, 4) is 0 Å². The molecule has 0 aliphatic carbocycles. The van der Waals surface area contributed by atoms with Crippen molar-refractivity contribution in [3.63, 3.8) is 0 Å². The first-order chi connectivity index (χ1) is 7.17. The molecule has 0 fully saturated rings. The van der Waals surface area contributed by atoms with Crippen LogP contribution >= 0.6 is 27.3 Å². The van der Waals surface area contributed by atoms with Crippen LogP contribution in [-0.4, -0.2) is 27.1 Å². The maximum Gasteiger partial charge on any atom is 0.169 e. The van der Waals surface area contributed by atoms with Gasteiger partial charge in [-0.25, -0.2) is 0 Å². The van der Waals surface area contributed by atoms with Gasteiger partial charge in [0.2, 0.25) is 0 Å². The molecule has 1 aromatic rings. The summed E-state index contributed by atoms with van der Waals surface area (Å²) in [4.78, 5) is 1.30. The molecule has 0 saturated carbocycles. The van der Waals surface area contributed by atoms with Gasteiger partial charge in [0.15, 0.2) is 6.29 Å². The molecule has 0 aliphatic heterocycles. The Bertz CT molecular complexity index is 289. The van der Waals surface area contributed by atoms with Gasteiger partial charge in [-0.1, -0.05) is 0 Å². The molecule has 5 heteroatoms. The molecule has 0 aromatic carbocycles. The topological polar surface area (TPSA) is 30.5 Å². The van der Waals surface area contributed by atoms with Crippen LogP contribution in [0.3, 0.4) is 0 Å². The summed E-state index contributed by atoms with van der Waals surface area (Å²) in [6.45, 7) is 2.81. The third-order valence-electron chi connectivity index (χ3n) is 2.13. The highest BCUT2D eigenvalue weighted by Crippen LogP contribution is 2.25. The van der Waals surface area contributed by atoms with Crippen LogP contribution < -0.4 is 5.32 Å². The zero-order valence-corrected chi connectivity index (χ0v) is 11.5. The van der Waals surface area contributed by atoms with Gasteiger partial charge in [-0.3, -0.25) is 0 Å². The summed E-state index contributed by atoms with van der Waals surface area (Å²) < 4.78 is 11.3. The smallest absolute Gasteiger partial charge is 0.169 e. The van der Waals surface area contributed by atoms with Crippen molar-refractivity contribution >= 4 is 27.3 Å². The molecule has 3 nitrogen and oxygen atoms in total. The monoisotopic (exact) mass is 293 g/mol. The largest absolute Gasteiger partial charge is 0.355 e. The molecule has 1 atom stereocenters. The third kappa shape index (κ3) is 4.20. The highest BCUT2D eigenvalue weighted by Gasteiger charge is 2.10. The maximum atomic E-state index is 5.10. The summed E-state index contributed by atoms with van der Waals surface area (Å²) in [6, 6.07) is 2.44. The first kappa shape index (κ1) is 13.1. The fourth-order valence-electron chi connectivity index (χ4n) is 1.19. The van der Waals surface area contributed by atoms with Crippen molar-refractivity contribution in [2.45, 2.75) is 19.3 Å². The molecular formula is C10H16BrNO2S. The minimum atomic E-state index is -0.184. The highest BCUT2D eigenvalue weighted by atomic mass is 79.9. The number of ether oxygens (including phenoxy) is 2. The average Bonchev–Trinajstić information content (AvgIpc) is 2.66. The molecule has 1 N–H and O–H groups in total. The molecule has 0 spiro atoms. The van der Waals surface area contributed by atoms with Crippen LogP contribution in [0, 0.1) is 0 Å². The van der Waals surface area contributed by atoms with Gasteiger partial charge < -0.3 is 14.8 Å². The van der Waals surface area contributed by atoms with Crippen molar-refractivity contribution in [1.29, 1.82) is 0 Å². The second-order valence-electron chi connectivity index (χ2n) is 3.20. The van der Waals surface area contributed by atoms with E-state index in [0.29, 0.717) is 12.6 Å². The SMILES string of the molecule is COC(CNC(C)c1cc(Br)cs1)OC. The van der Waals surface area contributed by atoms with Crippen LogP contribution in [0.5, 0.6) is 0 Å². The highest BCUT2D eigenvalue weighted by molar-refractivity contribution is 9.10. The van der Waals surface area contributed by atoms with Crippen molar-refractivity contribution in [3.05, 3.63) is 20.8 Å². The number of thiophene rings is 1. The lowest BCUT2D eigenvalue weighted by atomic mass is 10.3. The Kier molecular flexibility index (Phi) is 5.78. The molecule has 1 heterocycles. The number of hydrogen-bond acceptors (Lipinski definition) is 4. The predicted molar refractivity (Wildman–Crippen MR) is 66.2 cm³/mol. The van der Waals surface area contributed by atoms with Crippen LogP contribution in [0.15, 0.2) is 15.9 Å². The minimum Gasteiger partial charge on any atom is -0.355 e. The van der Waals surface area contributed by atoms with Crippen molar-refractivity contribution in [2.75, 3.05) is 20.8 Å². The van der Waals surface area contributed by atoms with E-state index in [0.717, 1.165) is 4.47 Å². The first-order valence-corrected chi connectivity index (χ1v) is 6.37. The minimum absolute atomic E-state index is 0.184. The fraction of sp³-hybridized carbons (Fsp3) is 0.600. The second-order valence-corrected chi connectivity index (χ2v) is 5.06. The molecule has 1 aromatic heterocycles. The summed E-state index contributed by atoms with van der Waals surface area (Å²) in [6.07, 6.45) is -0.184. The number of nitrogens with one attached hydrogen (secondary N) is 1. The van der Waals surface area contributed by atoms with Crippen LogP contribution in [0.1, 0.15) is 17.8 Å². The summed E-state index contributed by atoms with van der Waals surface area (Å²) >= 11 is 5.17. The standard InChI is InChI=1S/C10H16BrNO2S/c1-7(9-4-8(11)6-15-9)12-5-10(13-2)14-3/h4,6-7,10,12H,5H2,1-3H3. The van der Waals surface area contributed by atoms with Crippen LogP contribution in [-0.2, 0) is 9.47 Å². The molecule has 0 radical (unpaired) electrons. The zero-order chi connectivity index (χ0) is 11.3. The number of hydrogen-bond donors (Lipinski definition) is 1. The van der Waals surface area contributed by atoms with Gasteiger partial charge in [-0.05, 0) is 28.9 Å². The van der Waals surface area contributed by atoms with E-state index in [4.69, 9.17) is 9.47 Å². The Morgan fingerprint density at radius 1 is 1.47 bits per heavy atom. The molecule has 1 rings (SSSR count). The van der Waals surface area contributed by atoms with E-state index in [1.54, 1.807) is 25.6 Å². The summed E-state index contributed by atoms with van der Waals surface area (Å²) in [5.41, 5.74) is 0. The Hall–Kier alpha value is 0.0600. The molecular weight excluding hydrogens is 278 g/mol. The van der Waals surface area contributed by atoms with Crippen molar-refractivity contribution in [1.82, 2.24) is 5.32 Å². The van der Waals surface area contributed by atoms with Gasteiger partial charge in [0, 0.05) is 41.5 Å². The Labute approximate surface area is 103 Å². The lowest BCUT2D eigenvalue weighted by Crippen LogP contribution is -2.31. The van der Waals surface area contributed by atoms with Gasteiger partial charge in [-0.15, -0.1) is 11.3 Å². The van der Waals surface area contributed by atoms with E-state index in [-0.39, 0.29) is 6.29 Å². The van der Waals surface area contributed by atoms with E-state index in [1.165, 1.54) is 4.88 Å². The molecule has 0 bridgehead atoms. The lowest BCUT2D eigenvalue weighted by molar-refractivity contribution is -0.0997.